The van der Waals surface area contributed by atoms with Gasteiger partial charge in [0.2, 0.25) is 0 Å². The van der Waals surface area contributed by atoms with Crippen LogP contribution in [0.25, 0.3) is 33.2 Å². The van der Waals surface area contributed by atoms with Crippen molar-refractivity contribution in [2.75, 3.05) is 0 Å². The van der Waals surface area contributed by atoms with Crippen molar-refractivity contribution in [2.24, 2.45) is 11.8 Å². The average Bonchev–Trinajstić information content (AvgIpc) is 3.21. The number of ketones is 1. The van der Waals surface area contributed by atoms with E-state index in [2.05, 4.69) is 75.4 Å². The van der Waals surface area contributed by atoms with Crippen LogP contribution in [0.2, 0.25) is 0 Å². The predicted molar refractivity (Wildman–Crippen MR) is 233 cm³/mol. The third kappa shape index (κ3) is 10.3. The molecule has 0 saturated heterocycles. The Labute approximate surface area is 348 Å². The van der Waals surface area contributed by atoms with Gasteiger partial charge in [-0.1, -0.05) is 169 Å². The van der Waals surface area contributed by atoms with Crippen LogP contribution in [0.5, 0.6) is 0 Å². The number of pyridine rings is 1. The number of hydrogen-bond donors (Lipinski definition) is 1. The van der Waals surface area contributed by atoms with Crippen LogP contribution in [0.4, 0.5) is 0 Å². The Morgan fingerprint density at radius 3 is 1.75 bits per heavy atom. The Kier molecular flexibility index (Phi) is 15.9. The first kappa shape index (κ1) is 44.3. The summed E-state index contributed by atoms with van der Waals surface area (Å²) in [7, 11) is -3.01. The fraction of sp³-hybridized carbons (Fsp3) is 0.280. The van der Waals surface area contributed by atoms with Gasteiger partial charge >= 0.3 is 0 Å². The van der Waals surface area contributed by atoms with Crippen molar-refractivity contribution in [3.63, 3.8) is 0 Å². The molecule has 0 amide bonds. The van der Waals surface area contributed by atoms with Crippen LogP contribution in [0.3, 0.4) is 0 Å². The number of hydrogen-bond acceptors (Lipinski definition) is 4. The minimum Gasteiger partial charge on any atom is -0.512 e. The van der Waals surface area contributed by atoms with E-state index in [4.69, 9.17) is 4.98 Å². The number of nitrogens with zero attached hydrogens (tertiary/aromatic N) is 1. The third-order valence-electron chi connectivity index (χ3n) is 10.5. The first-order valence-corrected chi connectivity index (χ1v) is 21.3. The SMILES string of the molecule is CC(C)(C)c1cc(-c2cc(-c3ccc(P(=O)(c4ccccc4)c4ccccc4)cc3)ccn2)[c-]c2ccccc12.CCC(CC)C(=O)/C=C(\O)C(CC)CC.[Ir]. The van der Waals surface area contributed by atoms with Crippen LogP contribution in [0.1, 0.15) is 79.7 Å². The molecule has 6 heteroatoms. The van der Waals surface area contributed by atoms with Gasteiger partial charge in [0.15, 0.2) is 12.9 Å². The van der Waals surface area contributed by atoms with Gasteiger partial charge in [0.1, 0.15) is 0 Å². The Morgan fingerprint density at radius 2 is 1.21 bits per heavy atom. The average molecular weight is 941 g/mol. The molecule has 0 saturated carbocycles. The molecule has 0 aliphatic carbocycles. The van der Waals surface area contributed by atoms with Crippen LogP contribution >= 0.6 is 7.14 Å². The summed E-state index contributed by atoms with van der Waals surface area (Å²) in [4.78, 5) is 16.4. The predicted octanol–water partition coefficient (Wildman–Crippen LogP) is 12.2. The third-order valence-corrected chi connectivity index (χ3v) is 13.6. The summed E-state index contributed by atoms with van der Waals surface area (Å²) >= 11 is 0. The van der Waals surface area contributed by atoms with Crippen molar-refractivity contribution in [1.82, 2.24) is 4.98 Å². The number of aliphatic hydroxyl groups is 1. The molecule has 5 aromatic carbocycles. The maximum Gasteiger partial charge on any atom is 0.171 e. The van der Waals surface area contributed by atoms with E-state index in [1.165, 1.54) is 17.0 Å². The van der Waals surface area contributed by atoms with Gasteiger partial charge in [0, 0.05) is 65.8 Å². The Hall–Kier alpha value is -4.40. The molecule has 56 heavy (non-hydrogen) atoms. The molecule has 1 aromatic heterocycles. The molecule has 1 heterocycles. The molecule has 0 spiro atoms. The molecule has 293 valence electrons. The molecule has 0 unspecified atom stereocenters. The van der Waals surface area contributed by atoms with Crippen molar-refractivity contribution in [2.45, 2.75) is 79.6 Å². The van der Waals surface area contributed by atoms with E-state index >= 15 is 0 Å². The van der Waals surface area contributed by atoms with Gasteiger partial charge in [-0.15, -0.1) is 29.1 Å². The van der Waals surface area contributed by atoms with E-state index in [-0.39, 0.29) is 48.9 Å². The smallest absolute Gasteiger partial charge is 0.171 e. The van der Waals surface area contributed by atoms with Crippen LogP contribution in [-0.4, -0.2) is 15.9 Å². The van der Waals surface area contributed by atoms with Crippen LogP contribution in [0, 0.1) is 17.9 Å². The van der Waals surface area contributed by atoms with Crippen LogP contribution in [0.15, 0.2) is 145 Å². The summed E-state index contributed by atoms with van der Waals surface area (Å²) in [5.74, 6) is 0.547. The molecule has 0 aliphatic heterocycles. The van der Waals surface area contributed by atoms with Crippen LogP contribution < -0.4 is 15.9 Å². The Bertz CT molecular complexity index is 2210. The minimum atomic E-state index is -3.01. The number of allylic oxidation sites excluding steroid dienone is 2. The van der Waals surface area contributed by atoms with E-state index in [0.717, 1.165) is 69.4 Å². The van der Waals surface area contributed by atoms with Gasteiger partial charge in [-0.3, -0.25) is 9.78 Å². The molecular formula is C50H55IrNO3P-. The molecule has 6 aromatic rings. The summed E-state index contributed by atoms with van der Waals surface area (Å²) < 4.78 is 14.7. The summed E-state index contributed by atoms with van der Waals surface area (Å²) in [5, 5.41) is 14.6. The van der Waals surface area contributed by atoms with Crippen molar-refractivity contribution in [1.29, 1.82) is 0 Å². The maximum absolute atomic E-state index is 14.7. The summed E-state index contributed by atoms with van der Waals surface area (Å²) in [6, 6.07) is 46.1. The summed E-state index contributed by atoms with van der Waals surface area (Å²) in [5.41, 5.74) is 5.26. The molecule has 1 N–H and O–H groups in total. The number of fused-ring (bicyclic) bond motifs is 1. The molecule has 0 atom stereocenters. The standard InChI is InChI=1S/C37H31NOP.C13H24O2.Ir/c1-37(2,3)35-25-30(24-29-12-10-11-17-34(29)35)36-26-28(22-23-38-36)27-18-20-33(21-19-27)40(39,31-13-6-4-7-14-31)32-15-8-5-9-16-32;1-5-10(6-2)12(14)9-13(15)11(7-3)8-4;/h4-23,25-26H,1-3H3;9-11,14H,5-8H2,1-4H3;/q-1;;/b;12-9-;. The number of carbonyl (C=O) groups excluding carboxylic acids is 1. The summed E-state index contributed by atoms with van der Waals surface area (Å²) in [6.45, 7) is 14.8. The second-order valence-electron chi connectivity index (χ2n) is 15.1. The molecule has 0 bridgehead atoms. The van der Waals surface area contributed by atoms with Gasteiger partial charge in [-0.25, -0.2) is 0 Å². The van der Waals surface area contributed by atoms with Crippen molar-refractivity contribution >= 4 is 39.6 Å². The number of aliphatic hydroxyl groups excluding tert-OH is 1. The normalized spacial score (nSPS) is 11.9. The van der Waals surface area contributed by atoms with Gasteiger partial charge < -0.3 is 9.67 Å². The van der Waals surface area contributed by atoms with Crippen molar-refractivity contribution in [3.8, 4) is 22.4 Å². The van der Waals surface area contributed by atoms with E-state index in [1.807, 2.05) is 113 Å². The maximum atomic E-state index is 14.7. The van der Waals surface area contributed by atoms with Gasteiger partial charge in [-0.2, -0.15) is 0 Å². The Morgan fingerprint density at radius 1 is 0.696 bits per heavy atom. The zero-order valence-corrected chi connectivity index (χ0v) is 37.0. The second-order valence-corrected chi connectivity index (χ2v) is 17.9. The zero-order valence-electron chi connectivity index (χ0n) is 33.8. The monoisotopic (exact) mass is 941 g/mol. The molecule has 6 rings (SSSR count). The molecule has 4 nitrogen and oxygen atoms in total. The number of benzene rings is 5. The minimum absolute atomic E-state index is 0. The van der Waals surface area contributed by atoms with Crippen LogP contribution in [-0.2, 0) is 34.9 Å². The second kappa shape index (κ2) is 20.1. The molecule has 0 fully saturated rings. The zero-order chi connectivity index (χ0) is 39.6. The first-order chi connectivity index (χ1) is 26.4. The van der Waals surface area contributed by atoms with Gasteiger partial charge in [0.25, 0.3) is 0 Å². The molecular weight excluding hydrogens is 886 g/mol. The van der Waals surface area contributed by atoms with E-state index in [1.54, 1.807) is 0 Å². The van der Waals surface area contributed by atoms with E-state index in [9.17, 15) is 14.5 Å². The van der Waals surface area contributed by atoms with E-state index in [0.29, 0.717) is 0 Å². The fourth-order valence-corrected chi connectivity index (χ4v) is 9.76. The van der Waals surface area contributed by atoms with Crippen molar-refractivity contribution in [3.05, 3.63) is 157 Å². The van der Waals surface area contributed by atoms with Crippen molar-refractivity contribution < 1.29 is 34.6 Å². The van der Waals surface area contributed by atoms with E-state index < -0.39 is 7.14 Å². The Balaban J connectivity index is 0.000000372. The molecule has 1 radical (unpaired) electrons. The topological polar surface area (TPSA) is 67.3 Å². The number of carbonyl (C=O) groups is 1. The summed E-state index contributed by atoms with van der Waals surface area (Å²) in [6.07, 6.45) is 6.76. The molecule has 0 aliphatic rings. The van der Waals surface area contributed by atoms with Gasteiger partial charge in [-0.05, 0) is 48.3 Å². The number of rotatable bonds is 12. The number of aromatic nitrogens is 1. The quantitative estimate of drug-likeness (QED) is 0.0574. The van der Waals surface area contributed by atoms with Gasteiger partial charge in [0.05, 0.1) is 5.76 Å². The first-order valence-electron chi connectivity index (χ1n) is 19.6. The largest absolute Gasteiger partial charge is 0.512 e. The fourth-order valence-electron chi connectivity index (χ4n) is 7.11.